The average Bonchev–Trinajstić information content (AvgIpc) is 3.34. The van der Waals surface area contributed by atoms with Crippen LogP contribution in [0.5, 0.6) is 0 Å². The fourth-order valence-electron chi connectivity index (χ4n) is 2.42. The van der Waals surface area contributed by atoms with Gasteiger partial charge in [0.25, 0.3) is 0 Å². The van der Waals surface area contributed by atoms with Gasteiger partial charge in [-0.25, -0.2) is 13.4 Å². The Morgan fingerprint density at radius 2 is 1.92 bits per heavy atom. The van der Waals surface area contributed by atoms with Gasteiger partial charge < -0.3 is 4.90 Å². The lowest BCUT2D eigenvalue weighted by Crippen LogP contribution is -2.32. The van der Waals surface area contributed by atoms with Crippen LogP contribution in [-0.2, 0) is 9.84 Å². The summed E-state index contributed by atoms with van der Waals surface area (Å²) in [6, 6.07) is 5.19. The number of thiazole rings is 1. The third-order valence-corrected chi connectivity index (χ3v) is 7.88. The second kappa shape index (κ2) is 6.58. The summed E-state index contributed by atoms with van der Waals surface area (Å²) in [6.45, 7) is 0. The van der Waals surface area contributed by atoms with Crippen LogP contribution in [0.25, 0.3) is 10.6 Å². The molecule has 126 valence electrons. The SMILES string of the molecule is O=S(=O)(c1cncc(-c2nccs2)c1)C1SC=CN1c1ccncc1. The van der Waals surface area contributed by atoms with Crippen molar-refractivity contribution in [2.24, 2.45) is 0 Å². The maximum Gasteiger partial charge on any atom is 0.211 e. The van der Waals surface area contributed by atoms with Crippen LogP contribution in [0.1, 0.15) is 0 Å². The Hall–Kier alpha value is -2.23. The lowest BCUT2D eigenvalue weighted by atomic mass is 10.3. The fraction of sp³-hybridized carbons (Fsp3) is 0.0625. The van der Waals surface area contributed by atoms with Gasteiger partial charge in [0.05, 0.1) is 4.90 Å². The van der Waals surface area contributed by atoms with Gasteiger partial charge in [0.1, 0.15) is 5.01 Å². The number of thioether (sulfide) groups is 1. The Morgan fingerprint density at radius 3 is 2.68 bits per heavy atom. The number of pyridine rings is 2. The molecule has 6 nitrogen and oxygen atoms in total. The van der Waals surface area contributed by atoms with Gasteiger partial charge in [0.15, 0.2) is 4.71 Å². The molecule has 0 bridgehead atoms. The third kappa shape index (κ3) is 3.06. The van der Waals surface area contributed by atoms with Crippen molar-refractivity contribution in [1.29, 1.82) is 0 Å². The number of rotatable bonds is 4. The van der Waals surface area contributed by atoms with Crippen molar-refractivity contribution in [1.82, 2.24) is 15.0 Å². The maximum absolute atomic E-state index is 13.2. The Bertz CT molecular complexity index is 1000. The molecule has 0 fully saturated rings. The number of hydrogen-bond acceptors (Lipinski definition) is 8. The van der Waals surface area contributed by atoms with Gasteiger partial charge in [0.2, 0.25) is 9.84 Å². The van der Waals surface area contributed by atoms with Gasteiger partial charge in [-0.15, -0.1) is 11.3 Å². The number of hydrogen-bond donors (Lipinski definition) is 0. The molecule has 1 aliphatic rings. The molecule has 1 unspecified atom stereocenters. The molecule has 0 radical (unpaired) electrons. The van der Waals surface area contributed by atoms with E-state index in [1.165, 1.54) is 29.3 Å². The van der Waals surface area contributed by atoms with E-state index in [4.69, 9.17) is 0 Å². The zero-order chi connectivity index (χ0) is 17.3. The highest BCUT2D eigenvalue weighted by Crippen LogP contribution is 2.37. The Kier molecular flexibility index (Phi) is 4.28. The van der Waals surface area contributed by atoms with Crippen molar-refractivity contribution in [2.75, 3.05) is 4.90 Å². The molecular weight excluding hydrogens is 376 g/mol. The van der Waals surface area contributed by atoms with E-state index in [0.717, 1.165) is 10.7 Å². The van der Waals surface area contributed by atoms with Crippen molar-refractivity contribution in [3.05, 3.63) is 66.2 Å². The van der Waals surface area contributed by atoms with E-state index in [0.29, 0.717) is 5.56 Å². The van der Waals surface area contributed by atoms with E-state index in [2.05, 4.69) is 15.0 Å². The van der Waals surface area contributed by atoms with Crippen molar-refractivity contribution in [3.8, 4) is 10.6 Å². The Balaban J connectivity index is 1.71. The quantitative estimate of drug-likeness (QED) is 0.678. The van der Waals surface area contributed by atoms with Gasteiger partial charge in [-0.2, -0.15) is 0 Å². The highest BCUT2D eigenvalue weighted by Gasteiger charge is 2.35. The van der Waals surface area contributed by atoms with Crippen molar-refractivity contribution < 1.29 is 8.42 Å². The minimum Gasteiger partial charge on any atom is -0.321 e. The molecule has 3 aromatic rings. The summed E-state index contributed by atoms with van der Waals surface area (Å²) in [5.74, 6) is 0. The smallest absolute Gasteiger partial charge is 0.211 e. The summed E-state index contributed by atoms with van der Waals surface area (Å²) in [6.07, 6.45) is 9.74. The molecule has 0 saturated heterocycles. The fourth-order valence-corrected chi connectivity index (χ4v) is 6.04. The standard InChI is InChI=1S/C16H12N4O2S3/c21-25(22,14-9-12(10-18-11-14)15-19-5-7-23-15)16-20(6-8-24-16)13-1-3-17-4-2-13/h1-11,16H. The first kappa shape index (κ1) is 16.2. The molecule has 0 N–H and O–H groups in total. The van der Waals surface area contributed by atoms with Crippen molar-refractivity contribution >= 4 is 38.6 Å². The van der Waals surface area contributed by atoms with Gasteiger partial charge in [0, 0.05) is 53.8 Å². The van der Waals surface area contributed by atoms with Crippen LogP contribution in [0, 0.1) is 0 Å². The van der Waals surface area contributed by atoms with Crippen LogP contribution in [-0.4, -0.2) is 28.1 Å². The molecule has 9 heteroatoms. The highest BCUT2D eigenvalue weighted by atomic mass is 32.3. The monoisotopic (exact) mass is 388 g/mol. The van der Waals surface area contributed by atoms with E-state index in [1.807, 2.05) is 5.38 Å². The van der Waals surface area contributed by atoms with Crippen LogP contribution in [0.4, 0.5) is 5.69 Å². The molecule has 3 aromatic heterocycles. The highest BCUT2D eigenvalue weighted by molar-refractivity contribution is 8.15. The van der Waals surface area contributed by atoms with Crippen molar-refractivity contribution in [2.45, 2.75) is 9.60 Å². The average molecular weight is 388 g/mol. The van der Waals surface area contributed by atoms with Crippen LogP contribution in [0.2, 0.25) is 0 Å². The summed E-state index contributed by atoms with van der Waals surface area (Å²) >= 11 is 2.69. The summed E-state index contributed by atoms with van der Waals surface area (Å²) in [4.78, 5) is 14.2. The van der Waals surface area contributed by atoms with E-state index >= 15 is 0 Å². The zero-order valence-corrected chi connectivity index (χ0v) is 15.2. The molecule has 4 heterocycles. The summed E-state index contributed by atoms with van der Waals surface area (Å²) in [7, 11) is -3.63. The van der Waals surface area contributed by atoms with Crippen molar-refractivity contribution in [3.63, 3.8) is 0 Å². The van der Waals surface area contributed by atoms with Crippen LogP contribution in [0.3, 0.4) is 0 Å². The Morgan fingerprint density at radius 1 is 1.08 bits per heavy atom. The molecule has 0 aromatic carbocycles. The lowest BCUT2D eigenvalue weighted by Gasteiger charge is -2.24. The first-order valence-electron chi connectivity index (χ1n) is 7.25. The summed E-state index contributed by atoms with van der Waals surface area (Å²) in [5.41, 5.74) is 1.47. The number of nitrogens with zero attached hydrogens (tertiary/aromatic N) is 4. The predicted molar refractivity (Wildman–Crippen MR) is 99.8 cm³/mol. The molecule has 0 amide bonds. The van der Waals surface area contributed by atoms with E-state index in [9.17, 15) is 8.42 Å². The van der Waals surface area contributed by atoms with Gasteiger partial charge >= 0.3 is 0 Å². The molecule has 0 spiro atoms. The normalized spacial score (nSPS) is 17.1. The summed E-state index contributed by atoms with van der Waals surface area (Å²) < 4.78 is 25.6. The van der Waals surface area contributed by atoms with Gasteiger partial charge in [-0.05, 0) is 23.6 Å². The van der Waals surface area contributed by atoms with Crippen LogP contribution in [0.15, 0.2) is 71.1 Å². The number of aromatic nitrogens is 3. The molecule has 0 aliphatic carbocycles. The zero-order valence-electron chi connectivity index (χ0n) is 12.8. The molecule has 4 rings (SSSR count). The molecule has 0 saturated carbocycles. The lowest BCUT2D eigenvalue weighted by molar-refractivity contribution is 0.593. The maximum atomic E-state index is 13.2. The molecule has 25 heavy (non-hydrogen) atoms. The first-order chi connectivity index (χ1) is 12.2. The second-order valence-corrected chi connectivity index (χ2v) is 9.32. The van der Waals surface area contributed by atoms with E-state index in [1.54, 1.807) is 59.5 Å². The number of anilines is 1. The minimum absolute atomic E-state index is 0.181. The van der Waals surface area contributed by atoms with Gasteiger partial charge in [-0.1, -0.05) is 11.8 Å². The third-order valence-electron chi connectivity index (χ3n) is 3.59. The van der Waals surface area contributed by atoms with E-state index < -0.39 is 14.5 Å². The van der Waals surface area contributed by atoms with Gasteiger partial charge in [-0.3, -0.25) is 9.97 Å². The Labute approximate surface area is 153 Å². The largest absolute Gasteiger partial charge is 0.321 e. The minimum atomic E-state index is -3.63. The molecular formula is C16H12N4O2S3. The molecule has 1 atom stereocenters. The number of sulfone groups is 1. The summed E-state index contributed by atoms with van der Waals surface area (Å²) in [5, 5.41) is 4.37. The topological polar surface area (TPSA) is 76.1 Å². The predicted octanol–water partition coefficient (Wildman–Crippen LogP) is 3.38. The first-order valence-corrected chi connectivity index (χ1v) is 10.6. The van der Waals surface area contributed by atoms with Crippen LogP contribution >= 0.6 is 23.1 Å². The van der Waals surface area contributed by atoms with E-state index in [-0.39, 0.29) is 4.90 Å². The second-order valence-electron chi connectivity index (χ2n) is 5.13. The molecule has 1 aliphatic heterocycles. The van der Waals surface area contributed by atoms with Crippen LogP contribution < -0.4 is 4.90 Å².